The highest BCUT2D eigenvalue weighted by Crippen LogP contribution is 2.34. The zero-order valence-electron chi connectivity index (χ0n) is 14.3. The third-order valence-corrected chi connectivity index (χ3v) is 4.93. The first-order chi connectivity index (χ1) is 13.2. The van der Waals surface area contributed by atoms with Crippen LogP contribution in [0.3, 0.4) is 0 Å². The zero-order chi connectivity index (χ0) is 18.4. The minimum Gasteiger partial charge on any atom is -0.367 e. The molecule has 1 aliphatic heterocycles. The van der Waals surface area contributed by atoms with Crippen LogP contribution in [0.4, 0.5) is 5.69 Å². The van der Waals surface area contributed by atoms with Crippen molar-refractivity contribution in [1.82, 2.24) is 24.6 Å². The average molecular weight is 360 g/mol. The number of aromatic nitrogens is 5. The lowest BCUT2D eigenvalue weighted by atomic mass is 9.91. The Morgan fingerprint density at radius 2 is 1.93 bits per heavy atom. The van der Waals surface area contributed by atoms with Gasteiger partial charge in [0.25, 0.3) is 5.56 Å². The van der Waals surface area contributed by atoms with Gasteiger partial charge in [0.1, 0.15) is 5.69 Å². The number of H-pyrrole nitrogens is 2. The summed E-state index contributed by atoms with van der Waals surface area (Å²) in [7, 11) is 0. The molecule has 5 rings (SSSR count). The Morgan fingerprint density at radius 3 is 2.70 bits per heavy atom. The first-order valence-corrected chi connectivity index (χ1v) is 8.66. The van der Waals surface area contributed by atoms with Gasteiger partial charge in [-0.25, -0.2) is 14.3 Å². The van der Waals surface area contributed by atoms with Crippen LogP contribution in [-0.4, -0.2) is 37.7 Å². The summed E-state index contributed by atoms with van der Waals surface area (Å²) in [4.78, 5) is 34.8. The van der Waals surface area contributed by atoms with Gasteiger partial charge < -0.3 is 9.88 Å². The van der Waals surface area contributed by atoms with Gasteiger partial charge in [0, 0.05) is 37.6 Å². The highest BCUT2D eigenvalue weighted by molar-refractivity contribution is 5.75. The van der Waals surface area contributed by atoms with Crippen LogP contribution in [0.25, 0.3) is 16.9 Å². The van der Waals surface area contributed by atoms with Crippen LogP contribution in [0.1, 0.15) is 11.5 Å². The van der Waals surface area contributed by atoms with Crippen LogP contribution in [0.2, 0.25) is 0 Å². The first-order valence-electron chi connectivity index (χ1n) is 8.66. The number of rotatable bonds is 3. The first kappa shape index (κ1) is 15.6. The van der Waals surface area contributed by atoms with Gasteiger partial charge in [-0.1, -0.05) is 30.3 Å². The Balaban J connectivity index is 1.54. The van der Waals surface area contributed by atoms with Gasteiger partial charge in [0.15, 0.2) is 5.65 Å². The Hall–Kier alpha value is -3.68. The number of benzene rings is 1. The van der Waals surface area contributed by atoms with Crippen molar-refractivity contribution in [2.24, 2.45) is 0 Å². The molecule has 3 aromatic heterocycles. The van der Waals surface area contributed by atoms with Crippen molar-refractivity contribution in [2.75, 3.05) is 18.0 Å². The fraction of sp³-hybridized carbons (Fsp3) is 0.158. The monoisotopic (exact) mass is 360 g/mol. The van der Waals surface area contributed by atoms with E-state index in [0.717, 1.165) is 24.4 Å². The summed E-state index contributed by atoms with van der Waals surface area (Å²) in [6, 6.07) is 12.3. The van der Waals surface area contributed by atoms with Crippen LogP contribution in [-0.2, 0) is 0 Å². The quantitative estimate of drug-likeness (QED) is 0.575. The Morgan fingerprint density at radius 1 is 1.11 bits per heavy atom. The molecule has 27 heavy (non-hydrogen) atoms. The van der Waals surface area contributed by atoms with Crippen molar-refractivity contribution in [1.29, 1.82) is 0 Å². The van der Waals surface area contributed by atoms with Crippen molar-refractivity contribution in [3.8, 4) is 11.3 Å². The van der Waals surface area contributed by atoms with E-state index in [4.69, 9.17) is 0 Å². The van der Waals surface area contributed by atoms with Crippen molar-refractivity contribution in [2.45, 2.75) is 5.92 Å². The molecular weight excluding hydrogens is 344 g/mol. The second kappa shape index (κ2) is 5.94. The normalized spacial score (nSPS) is 14.4. The SMILES string of the molecule is O=c1[nH]cc(-c2cc(N3CC(c4ccccc4)C3)c3nccn3n2)c(=O)[nH]1. The number of hydrogen-bond donors (Lipinski definition) is 2. The van der Waals surface area contributed by atoms with Crippen LogP contribution < -0.4 is 16.1 Å². The van der Waals surface area contributed by atoms with Crippen molar-refractivity contribution in [3.05, 3.63) is 81.4 Å². The second-order valence-corrected chi connectivity index (χ2v) is 6.61. The highest BCUT2D eigenvalue weighted by Gasteiger charge is 2.30. The van der Waals surface area contributed by atoms with E-state index >= 15 is 0 Å². The van der Waals surface area contributed by atoms with Gasteiger partial charge in [-0.15, -0.1) is 0 Å². The number of hydrogen-bond acceptors (Lipinski definition) is 5. The summed E-state index contributed by atoms with van der Waals surface area (Å²) in [5, 5.41) is 4.46. The molecule has 0 amide bonds. The third-order valence-electron chi connectivity index (χ3n) is 4.93. The molecule has 0 spiro atoms. The minimum absolute atomic E-state index is 0.312. The van der Waals surface area contributed by atoms with Crippen molar-refractivity contribution in [3.63, 3.8) is 0 Å². The smallest absolute Gasteiger partial charge is 0.325 e. The lowest BCUT2D eigenvalue weighted by Crippen LogP contribution is -2.45. The molecule has 8 heteroatoms. The van der Waals surface area contributed by atoms with E-state index in [-0.39, 0.29) is 0 Å². The maximum Gasteiger partial charge on any atom is 0.325 e. The Kier molecular flexibility index (Phi) is 3.43. The van der Waals surface area contributed by atoms with Crippen LogP contribution in [0.5, 0.6) is 0 Å². The highest BCUT2D eigenvalue weighted by atomic mass is 16.2. The van der Waals surface area contributed by atoms with E-state index in [1.165, 1.54) is 11.8 Å². The van der Waals surface area contributed by atoms with E-state index in [1.807, 2.05) is 12.1 Å². The Labute approximate surface area is 153 Å². The molecular formula is C19H16N6O2. The lowest BCUT2D eigenvalue weighted by Gasteiger charge is -2.41. The molecule has 0 unspecified atom stereocenters. The van der Waals surface area contributed by atoms with E-state index in [1.54, 1.807) is 16.9 Å². The number of nitrogens with one attached hydrogen (secondary N) is 2. The molecule has 4 aromatic rings. The lowest BCUT2D eigenvalue weighted by molar-refractivity contribution is 0.525. The van der Waals surface area contributed by atoms with Gasteiger partial charge in [0.05, 0.1) is 11.3 Å². The fourth-order valence-electron chi connectivity index (χ4n) is 3.48. The van der Waals surface area contributed by atoms with E-state index < -0.39 is 11.2 Å². The van der Waals surface area contributed by atoms with Crippen molar-refractivity contribution < 1.29 is 0 Å². The molecule has 0 saturated carbocycles. The standard InChI is InChI=1S/C19H16N6O2/c26-18-14(9-21-19(27)22-18)15-8-16(17-20-6-7-25(17)23-15)24-10-13(11-24)12-4-2-1-3-5-12/h1-9,13H,10-11H2,(H2,21,22,26,27). The molecule has 2 N–H and O–H groups in total. The predicted octanol–water partition coefficient (Wildman–Crippen LogP) is 1.38. The molecule has 1 saturated heterocycles. The number of nitrogens with zero attached hydrogens (tertiary/aromatic N) is 4. The molecule has 1 aliphatic rings. The summed E-state index contributed by atoms with van der Waals surface area (Å²) in [5.41, 5.74) is 2.76. The van der Waals surface area contributed by atoms with Gasteiger partial charge in [-0.3, -0.25) is 9.78 Å². The van der Waals surface area contributed by atoms with Gasteiger partial charge in [-0.05, 0) is 11.6 Å². The van der Waals surface area contributed by atoms with E-state index in [2.05, 4.69) is 49.2 Å². The summed E-state index contributed by atoms with van der Waals surface area (Å²) in [5.74, 6) is 0.467. The van der Waals surface area contributed by atoms with Crippen LogP contribution in [0.15, 0.2) is 64.6 Å². The van der Waals surface area contributed by atoms with Gasteiger partial charge in [0.2, 0.25) is 0 Å². The van der Waals surface area contributed by atoms with E-state index in [9.17, 15) is 9.59 Å². The molecule has 1 fully saturated rings. The second-order valence-electron chi connectivity index (χ2n) is 6.61. The molecule has 0 bridgehead atoms. The average Bonchev–Trinajstić information content (AvgIpc) is 3.10. The maximum absolute atomic E-state index is 12.2. The molecule has 0 radical (unpaired) electrons. The zero-order valence-corrected chi connectivity index (χ0v) is 14.3. The fourth-order valence-corrected chi connectivity index (χ4v) is 3.48. The topological polar surface area (TPSA) is 99.2 Å². The van der Waals surface area contributed by atoms with Crippen LogP contribution in [0, 0.1) is 0 Å². The predicted molar refractivity (Wildman–Crippen MR) is 101 cm³/mol. The molecule has 8 nitrogen and oxygen atoms in total. The van der Waals surface area contributed by atoms with E-state index in [0.29, 0.717) is 17.2 Å². The summed E-state index contributed by atoms with van der Waals surface area (Å²) >= 11 is 0. The number of anilines is 1. The summed E-state index contributed by atoms with van der Waals surface area (Å²) in [6.07, 6.45) is 4.82. The van der Waals surface area contributed by atoms with Gasteiger partial charge in [-0.2, -0.15) is 5.10 Å². The number of aromatic amines is 2. The minimum atomic E-state index is -0.541. The van der Waals surface area contributed by atoms with Crippen molar-refractivity contribution >= 4 is 11.3 Å². The Bertz CT molecular complexity index is 1230. The third kappa shape index (κ3) is 2.62. The molecule has 134 valence electrons. The van der Waals surface area contributed by atoms with Crippen LogP contribution >= 0.6 is 0 Å². The number of imidazole rings is 1. The summed E-state index contributed by atoms with van der Waals surface area (Å²) in [6.45, 7) is 1.75. The maximum atomic E-state index is 12.2. The summed E-state index contributed by atoms with van der Waals surface area (Å²) < 4.78 is 1.66. The molecule has 0 atom stereocenters. The number of fused-ring (bicyclic) bond motifs is 1. The largest absolute Gasteiger partial charge is 0.367 e. The molecule has 1 aromatic carbocycles. The van der Waals surface area contributed by atoms with Gasteiger partial charge >= 0.3 is 5.69 Å². The molecule has 0 aliphatic carbocycles. The molecule has 4 heterocycles.